The summed E-state index contributed by atoms with van der Waals surface area (Å²) in [6, 6.07) is 4.26. The number of benzene rings is 1. The summed E-state index contributed by atoms with van der Waals surface area (Å²) in [5.74, 6) is 0. The van der Waals surface area contributed by atoms with Crippen LogP contribution >= 0.6 is 35.6 Å². The zero-order valence-electron chi connectivity index (χ0n) is 10.5. The molecule has 9 heteroatoms. The van der Waals surface area contributed by atoms with Crippen molar-refractivity contribution in [3.05, 3.63) is 28.2 Å². The molecule has 1 saturated heterocycles. The van der Waals surface area contributed by atoms with Crippen LogP contribution in [0.2, 0.25) is 10.0 Å². The van der Waals surface area contributed by atoms with Crippen molar-refractivity contribution < 1.29 is 13.2 Å². The zero-order valence-corrected chi connectivity index (χ0v) is 13.6. The van der Waals surface area contributed by atoms with Gasteiger partial charge in [0.1, 0.15) is 0 Å². The van der Waals surface area contributed by atoms with Crippen molar-refractivity contribution >= 4 is 45.6 Å². The van der Waals surface area contributed by atoms with Crippen molar-refractivity contribution in [2.24, 2.45) is 5.73 Å². The second kappa shape index (κ2) is 7.26. The largest absolute Gasteiger partial charge is 0.374 e. The van der Waals surface area contributed by atoms with Gasteiger partial charge in [-0.05, 0) is 18.2 Å². The predicted octanol–water partition coefficient (Wildman–Crippen LogP) is 1.76. The minimum Gasteiger partial charge on any atom is -0.374 e. The molecule has 0 bridgehead atoms. The van der Waals surface area contributed by atoms with Crippen molar-refractivity contribution in [1.29, 1.82) is 0 Å². The Labute approximate surface area is 134 Å². The topological polar surface area (TPSA) is 72.6 Å². The third-order valence-electron chi connectivity index (χ3n) is 2.84. The number of rotatable bonds is 3. The molecule has 1 aliphatic heterocycles. The van der Waals surface area contributed by atoms with Gasteiger partial charge < -0.3 is 10.5 Å². The van der Waals surface area contributed by atoms with E-state index in [0.717, 1.165) is 0 Å². The minimum absolute atomic E-state index is 0. The van der Waals surface area contributed by atoms with Crippen LogP contribution in [0, 0.1) is 0 Å². The minimum atomic E-state index is -3.62. The fourth-order valence-corrected chi connectivity index (χ4v) is 4.06. The van der Waals surface area contributed by atoms with Crippen LogP contribution in [0.3, 0.4) is 0 Å². The molecule has 1 aliphatic rings. The number of sulfonamides is 1. The van der Waals surface area contributed by atoms with E-state index in [9.17, 15) is 8.42 Å². The van der Waals surface area contributed by atoms with E-state index in [-0.39, 0.29) is 46.5 Å². The highest BCUT2D eigenvalue weighted by atomic mass is 35.5. The number of nitrogens with two attached hydrogens (primary N) is 1. The molecule has 1 atom stereocenters. The lowest BCUT2D eigenvalue weighted by atomic mass is 10.3. The number of ether oxygens (including phenoxy) is 1. The van der Waals surface area contributed by atoms with Crippen LogP contribution in [0.25, 0.3) is 0 Å². The van der Waals surface area contributed by atoms with Gasteiger partial charge in [-0.15, -0.1) is 12.4 Å². The summed E-state index contributed by atoms with van der Waals surface area (Å²) < 4.78 is 31.6. The molecule has 1 aromatic rings. The summed E-state index contributed by atoms with van der Waals surface area (Å²) in [6.07, 6.45) is -0.279. The SMILES string of the molecule is Cl.NCC1CN(S(=O)(=O)c2cc(Cl)cc(Cl)c2)CCO1. The lowest BCUT2D eigenvalue weighted by Crippen LogP contribution is -2.48. The van der Waals surface area contributed by atoms with Crippen molar-refractivity contribution in [2.45, 2.75) is 11.0 Å². The molecular formula is C11H15Cl3N2O3S. The molecular weight excluding hydrogens is 347 g/mol. The highest BCUT2D eigenvalue weighted by Crippen LogP contribution is 2.25. The average Bonchev–Trinajstić information content (AvgIpc) is 2.37. The standard InChI is InChI=1S/C11H14Cl2N2O3S.ClH/c12-8-3-9(13)5-11(4-8)19(16,17)15-1-2-18-10(6-14)7-15;/h3-5,10H,1-2,6-7,14H2;1H. The molecule has 1 unspecified atom stereocenters. The molecule has 0 amide bonds. The molecule has 0 aromatic heterocycles. The van der Waals surface area contributed by atoms with Gasteiger partial charge in [-0.2, -0.15) is 4.31 Å². The van der Waals surface area contributed by atoms with Crippen molar-refractivity contribution in [2.75, 3.05) is 26.2 Å². The fourth-order valence-electron chi connectivity index (χ4n) is 1.88. The number of halogens is 3. The van der Waals surface area contributed by atoms with E-state index in [1.165, 1.54) is 22.5 Å². The second-order valence-electron chi connectivity index (χ2n) is 4.20. The van der Waals surface area contributed by atoms with E-state index in [0.29, 0.717) is 13.2 Å². The van der Waals surface area contributed by atoms with Gasteiger partial charge in [0, 0.05) is 29.7 Å². The molecule has 2 N–H and O–H groups in total. The molecule has 0 spiro atoms. The van der Waals surface area contributed by atoms with Crippen molar-refractivity contribution in [3.8, 4) is 0 Å². The van der Waals surface area contributed by atoms with Gasteiger partial charge in [0.2, 0.25) is 10.0 Å². The van der Waals surface area contributed by atoms with Crippen LogP contribution in [0.1, 0.15) is 0 Å². The fraction of sp³-hybridized carbons (Fsp3) is 0.455. The Morgan fingerprint density at radius 3 is 2.45 bits per heavy atom. The van der Waals surface area contributed by atoms with E-state index in [2.05, 4.69) is 0 Å². The average molecular weight is 362 g/mol. The van der Waals surface area contributed by atoms with E-state index in [4.69, 9.17) is 33.7 Å². The van der Waals surface area contributed by atoms with Gasteiger partial charge in [0.05, 0.1) is 17.6 Å². The molecule has 20 heavy (non-hydrogen) atoms. The highest BCUT2D eigenvalue weighted by Gasteiger charge is 2.30. The summed E-state index contributed by atoms with van der Waals surface area (Å²) in [5.41, 5.74) is 5.51. The second-order valence-corrected chi connectivity index (χ2v) is 7.01. The first-order chi connectivity index (χ1) is 8.93. The quantitative estimate of drug-likeness (QED) is 0.890. The molecule has 1 fully saturated rings. The third kappa shape index (κ3) is 3.98. The van der Waals surface area contributed by atoms with E-state index in [1.54, 1.807) is 0 Å². The van der Waals surface area contributed by atoms with E-state index >= 15 is 0 Å². The summed E-state index contributed by atoms with van der Waals surface area (Å²) in [7, 11) is -3.62. The first-order valence-corrected chi connectivity index (χ1v) is 7.91. The van der Waals surface area contributed by atoms with Crippen LogP contribution in [-0.4, -0.2) is 45.1 Å². The molecule has 1 heterocycles. The Bertz CT molecular complexity index is 548. The maximum Gasteiger partial charge on any atom is 0.243 e. The smallest absolute Gasteiger partial charge is 0.243 e. The van der Waals surface area contributed by atoms with Crippen LogP contribution in [0.5, 0.6) is 0 Å². The van der Waals surface area contributed by atoms with Crippen LogP contribution in [-0.2, 0) is 14.8 Å². The monoisotopic (exact) mass is 360 g/mol. The first kappa shape index (κ1) is 18.0. The van der Waals surface area contributed by atoms with Gasteiger partial charge in [-0.25, -0.2) is 8.42 Å². The van der Waals surface area contributed by atoms with Crippen LogP contribution in [0.4, 0.5) is 0 Å². The van der Waals surface area contributed by atoms with Crippen molar-refractivity contribution in [1.82, 2.24) is 4.31 Å². The maximum atomic E-state index is 12.5. The van der Waals surface area contributed by atoms with Gasteiger partial charge >= 0.3 is 0 Å². The van der Waals surface area contributed by atoms with E-state index < -0.39 is 10.0 Å². The Hall–Kier alpha value is -0.0800. The third-order valence-corrected chi connectivity index (χ3v) is 5.12. The molecule has 114 valence electrons. The van der Waals surface area contributed by atoms with Gasteiger partial charge in [-0.3, -0.25) is 0 Å². The van der Waals surface area contributed by atoms with Crippen LogP contribution < -0.4 is 5.73 Å². The summed E-state index contributed by atoms with van der Waals surface area (Å²) in [5, 5.41) is 0.574. The summed E-state index contributed by atoms with van der Waals surface area (Å²) in [6.45, 7) is 1.14. The molecule has 0 aliphatic carbocycles. The number of morpholine rings is 1. The summed E-state index contributed by atoms with van der Waals surface area (Å²) in [4.78, 5) is 0.0858. The molecule has 0 saturated carbocycles. The lowest BCUT2D eigenvalue weighted by Gasteiger charge is -2.31. The Balaban J connectivity index is 0.00000200. The van der Waals surface area contributed by atoms with Crippen LogP contribution in [0.15, 0.2) is 23.1 Å². The predicted molar refractivity (Wildman–Crippen MR) is 81.3 cm³/mol. The van der Waals surface area contributed by atoms with Gasteiger partial charge in [0.25, 0.3) is 0 Å². The first-order valence-electron chi connectivity index (χ1n) is 5.71. The number of nitrogens with zero attached hydrogens (tertiary/aromatic N) is 1. The molecule has 2 rings (SSSR count). The highest BCUT2D eigenvalue weighted by molar-refractivity contribution is 7.89. The lowest BCUT2D eigenvalue weighted by molar-refractivity contribution is 0.00451. The maximum absolute atomic E-state index is 12.5. The molecule has 1 aromatic carbocycles. The zero-order chi connectivity index (χ0) is 14.0. The molecule has 0 radical (unpaired) electrons. The Morgan fingerprint density at radius 2 is 1.90 bits per heavy atom. The van der Waals surface area contributed by atoms with E-state index in [1.807, 2.05) is 0 Å². The summed E-state index contributed by atoms with van der Waals surface area (Å²) >= 11 is 11.7. The Morgan fingerprint density at radius 1 is 1.30 bits per heavy atom. The Kier molecular flexibility index (Phi) is 6.53. The number of hydrogen-bond donors (Lipinski definition) is 1. The normalized spacial score (nSPS) is 20.4. The molecule has 5 nitrogen and oxygen atoms in total. The van der Waals surface area contributed by atoms with Crippen molar-refractivity contribution in [3.63, 3.8) is 0 Å². The van der Waals surface area contributed by atoms with Gasteiger partial charge in [0.15, 0.2) is 0 Å². The number of hydrogen-bond acceptors (Lipinski definition) is 4. The van der Waals surface area contributed by atoms with Gasteiger partial charge in [-0.1, -0.05) is 23.2 Å².